The van der Waals surface area contributed by atoms with Crippen LogP contribution in [0.5, 0.6) is 0 Å². The third-order valence-corrected chi connectivity index (χ3v) is 2.40. The van der Waals surface area contributed by atoms with Gasteiger partial charge in [-0.3, -0.25) is 0 Å². The average molecular weight is 142 g/mol. The van der Waals surface area contributed by atoms with Crippen LogP contribution in [0.4, 0.5) is 0 Å². The summed E-state index contributed by atoms with van der Waals surface area (Å²) in [7, 11) is 0. The molecule has 3 nitrogen and oxygen atoms in total. The number of fused-ring (bicyclic) bond motifs is 2. The van der Waals surface area contributed by atoms with E-state index in [0.717, 1.165) is 0 Å². The maximum atomic E-state index is 10.9. The fourth-order valence-corrected chi connectivity index (χ4v) is 1.46. The molecule has 2 bridgehead atoms. The summed E-state index contributed by atoms with van der Waals surface area (Å²) < 4.78 is 10.0. The van der Waals surface area contributed by atoms with Crippen LogP contribution in [0.1, 0.15) is 13.8 Å². The molecule has 0 aromatic carbocycles. The van der Waals surface area contributed by atoms with E-state index in [2.05, 4.69) is 0 Å². The SMILES string of the molecule is CC1(C)C2O[C@H]1COC2=O. The summed E-state index contributed by atoms with van der Waals surface area (Å²) in [4.78, 5) is 10.9. The Morgan fingerprint density at radius 1 is 1.60 bits per heavy atom. The van der Waals surface area contributed by atoms with E-state index >= 15 is 0 Å². The number of carbonyl (C=O) groups excluding carboxylic acids is 1. The largest absolute Gasteiger partial charge is 0.461 e. The molecule has 0 N–H and O–H groups in total. The van der Waals surface area contributed by atoms with E-state index in [9.17, 15) is 4.79 Å². The number of esters is 1. The lowest BCUT2D eigenvalue weighted by Crippen LogP contribution is -2.66. The first-order chi connectivity index (χ1) is 4.62. The van der Waals surface area contributed by atoms with Gasteiger partial charge < -0.3 is 9.47 Å². The minimum atomic E-state index is -0.300. The van der Waals surface area contributed by atoms with E-state index < -0.39 is 0 Å². The third kappa shape index (κ3) is 0.515. The minimum absolute atomic E-state index is 0.00926. The van der Waals surface area contributed by atoms with Crippen LogP contribution in [0.3, 0.4) is 0 Å². The molecule has 10 heavy (non-hydrogen) atoms. The molecule has 3 rings (SSSR count). The van der Waals surface area contributed by atoms with Gasteiger partial charge in [0.1, 0.15) is 12.7 Å². The molecule has 3 saturated heterocycles. The molecule has 2 atom stereocenters. The molecule has 3 heterocycles. The quantitative estimate of drug-likeness (QED) is 0.457. The van der Waals surface area contributed by atoms with Crippen molar-refractivity contribution in [3.05, 3.63) is 0 Å². The fraction of sp³-hybridized carbons (Fsp3) is 0.857. The highest BCUT2D eigenvalue weighted by molar-refractivity contribution is 5.78. The first-order valence-electron chi connectivity index (χ1n) is 3.44. The van der Waals surface area contributed by atoms with Crippen LogP contribution in [0.15, 0.2) is 0 Å². The second kappa shape index (κ2) is 1.53. The van der Waals surface area contributed by atoms with E-state index in [0.29, 0.717) is 6.61 Å². The molecule has 0 saturated carbocycles. The lowest BCUT2D eigenvalue weighted by Gasteiger charge is -2.53. The number of carbonyl (C=O) groups is 1. The average Bonchev–Trinajstić information content (AvgIpc) is 1.87. The summed E-state index contributed by atoms with van der Waals surface area (Å²) in [5.74, 6) is -0.201. The normalized spacial score (nSPS) is 42.0. The molecular weight excluding hydrogens is 132 g/mol. The first kappa shape index (κ1) is 6.16. The van der Waals surface area contributed by atoms with Crippen LogP contribution < -0.4 is 0 Å². The zero-order chi connectivity index (χ0) is 7.35. The predicted molar refractivity (Wildman–Crippen MR) is 33.4 cm³/mol. The molecule has 3 fully saturated rings. The number of hydrogen-bond donors (Lipinski definition) is 0. The molecule has 0 radical (unpaired) electrons. The molecule has 56 valence electrons. The minimum Gasteiger partial charge on any atom is -0.461 e. The predicted octanol–water partition coefficient (Wildman–Crippen LogP) is 0.337. The van der Waals surface area contributed by atoms with Crippen molar-refractivity contribution in [1.29, 1.82) is 0 Å². The van der Waals surface area contributed by atoms with Gasteiger partial charge in [-0.15, -0.1) is 0 Å². The van der Waals surface area contributed by atoms with Gasteiger partial charge in [0.25, 0.3) is 0 Å². The Hall–Kier alpha value is -0.570. The van der Waals surface area contributed by atoms with Crippen LogP contribution in [-0.4, -0.2) is 24.8 Å². The number of hydrogen-bond acceptors (Lipinski definition) is 3. The lowest BCUT2D eigenvalue weighted by atomic mass is 9.74. The van der Waals surface area contributed by atoms with Crippen LogP contribution in [0, 0.1) is 5.41 Å². The highest BCUT2D eigenvalue weighted by Crippen LogP contribution is 2.44. The molecule has 0 spiro atoms. The summed E-state index contributed by atoms with van der Waals surface area (Å²) in [5.41, 5.74) is 0.00926. The molecular formula is C7H10O3. The number of ether oxygens (including phenoxy) is 2. The maximum Gasteiger partial charge on any atom is 0.336 e. The third-order valence-electron chi connectivity index (χ3n) is 2.40. The van der Waals surface area contributed by atoms with E-state index in [-0.39, 0.29) is 23.6 Å². The smallest absolute Gasteiger partial charge is 0.336 e. The van der Waals surface area contributed by atoms with Crippen molar-refractivity contribution in [1.82, 2.24) is 0 Å². The molecule has 3 heteroatoms. The molecule has 1 unspecified atom stereocenters. The Morgan fingerprint density at radius 2 is 2.30 bits per heavy atom. The molecule has 0 aliphatic carbocycles. The van der Waals surface area contributed by atoms with E-state index in [1.807, 2.05) is 13.8 Å². The van der Waals surface area contributed by atoms with Gasteiger partial charge in [-0.25, -0.2) is 4.79 Å². The topological polar surface area (TPSA) is 35.5 Å². The van der Waals surface area contributed by atoms with Crippen molar-refractivity contribution < 1.29 is 14.3 Å². The van der Waals surface area contributed by atoms with Crippen molar-refractivity contribution >= 4 is 5.97 Å². The van der Waals surface area contributed by atoms with Gasteiger partial charge in [0.05, 0.1) is 0 Å². The van der Waals surface area contributed by atoms with Crippen molar-refractivity contribution in [2.45, 2.75) is 26.1 Å². The van der Waals surface area contributed by atoms with Crippen molar-refractivity contribution in [3.8, 4) is 0 Å². The molecule has 3 aliphatic heterocycles. The standard InChI is InChI=1S/C7H10O3/c1-7(2)4-3-9-6(8)5(7)10-4/h4-5H,3H2,1-2H3/t4-,5?/m0/s1. The molecule has 0 aromatic heterocycles. The second-order valence-electron chi connectivity index (χ2n) is 3.46. The Balaban J connectivity index is 2.23. The van der Waals surface area contributed by atoms with Crippen molar-refractivity contribution in [3.63, 3.8) is 0 Å². The van der Waals surface area contributed by atoms with Crippen LogP contribution in [0.2, 0.25) is 0 Å². The van der Waals surface area contributed by atoms with Crippen LogP contribution >= 0.6 is 0 Å². The van der Waals surface area contributed by atoms with Gasteiger partial charge in [0, 0.05) is 5.41 Å². The Kier molecular flexibility index (Phi) is 0.944. The van der Waals surface area contributed by atoms with Crippen molar-refractivity contribution in [2.75, 3.05) is 6.61 Å². The highest BCUT2D eigenvalue weighted by atomic mass is 16.6. The van der Waals surface area contributed by atoms with Gasteiger partial charge in [-0.1, -0.05) is 13.8 Å². The summed E-state index contributed by atoms with van der Waals surface area (Å²) >= 11 is 0. The van der Waals surface area contributed by atoms with E-state index in [1.54, 1.807) is 0 Å². The van der Waals surface area contributed by atoms with Gasteiger partial charge >= 0.3 is 5.97 Å². The first-order valence-corrected chi connectivity index (χ1v) is 3.44. The Labute approximate surface area is 59.3 Å². The monoisotopic (exact) mass is 142 g/mol. The van der Waals surface area contributed by atoms with Crippen LogP contribution in [0.25, 0.3) is 0 Å². The fourth-order valence-electron chi connectivity index (χ4n) is 1.46. The molecule has 0 aromatic rings. The van der Waals surface area contributed by atoms with E-state index in [1.165, 1.54) is 0 Å². The zero-order valence-electron chi connectivity index (χ0n) is 6.09. The zero-order valence-corrected chi connectivity index (χ0v) is 6.09. The Bertz CT molecular complexity index is 183. The summed E-state index contributed by atoms with van der Waals surface area (Å²) in [6.45, 7) is 4.50. The van der Waals surface area contributed by atoms with Crippen LogP contribution in [-0.2, 0) is 14.3 Å². The lowest BCUT2D eigenvalue weighted by molar-refractivity contribution is -0.283. The Morgan fingerprint density at radius 3 is 2.60 bits per heavy atom. The van der Waals surface area contributed by atoms with Gasteiger partial charge in [0.2, 0.25) is 0 Å². The van der Waals surface area contributed by atoms with Gasteiger partial charge in [-0.05, 0) is 0 Å². The molecule has 0 amide bonds. The summed E-state index contributed by atoms with van der Waals surface area (Å²) in [6.07, 6.45) is -0.165. The summed E-state index contributed by atoms with van der Waals surface area (Å²) in [5, 5.41) is 0. The van der Waals surface area contributed by atoms with E-state index in [4.69, 9.17) is 9.47 Å². The highest BCUT2D eigenvalue weighted by Gasteiger charge is 2.58. The summed E-state index contributed by atoms with van der Waals surface area (Å²) in [6, 6.07) is 0. The number of rotatable bonds is 0. The van der Waals surface area contributed by atoms with Crippen molar-refractivity contribution in [2.24, 2.45) is 5.41 Å². The van der Waals surface area contributed by atoms with Gasteiger partial charge in [0.15, 0.2) is 6.10 Å². The molecule has 3 aliphatic rings. The van der Waals surface area contributed by atoms with Gasteiger partial charge in [-0.2, -0.15) is 0 Å². The maximum absolute atomic E-state index is 10.9. The second-order valence-corrected chi connectivity index (χ2v) is 3.46.